The van der Waals surface area contributed by atoms with Crippen LogP contribution in [0.4, 0.5) is 0 Å². The number of hydrogen-bond donors (Lipinski definition) is 2. The van der Waals surface area contributed by atoms with Crippen molar-refractivity contribution < 1.29 is 5.11 Å². The van der Waals surface area contributed by atoms with Gasteiger partial charge in [-0.2, -0.15) is 0 Å². The Kier molecular flexibility index (Phi) is 5.15. The molecule has 0 heterocycles. The van der Waals surface area contributed by atoms with Crippen LogP contribution in [0.3, 0.4) is 0 Å². The normalized spacial score (nSPS) is 10.5. The number of rotatable bonds is 5. The van der Waals surface area contributed by atoms with Crippen molar-refractivity contribution in [2.75, 3.05) is 13.2 Å². The van der Waals surface area contributed by atoms with E-state index in [1.807, 2.05) is 0 Å². The van der Waals surface area contributed by atoms with Gasteiger partial charge >= 0.3 is 0 Å². The predicted molar refractivity (Wildman–Crippen MR) is 62.3 cm³/mol. The van der Waals surface area contributed by atoms with Gasteiger partial charge in [0.05, 0.1) is 0 Å². The fourth-order valence-electron chi connectivity index (χ4n) is 1.18. The number of aliphatic hydroxyl groups is 1. The van der Waals surface area contributed by atoms with Gasteiger partial charge in [-0.05, 0) is 37.1 Å². The summed E-state index contributed by atoms with van der Waals surface area (Å²) in [7, 11) is 0. The van der Waals surface area contributed by atoms with E-state index in [1.54, 1.807) is 0 Å². The Morgan fingerprint density at radius 1 is 1.43 bits per heavy atom. The maximum absolute atomic E-state index is 8.60. The van der Waals surface area contributed by atoms with Crippen LogP contribution in [0.15, 0.2) is 22.7 Å². The molecule has 0 saturated carbocycles. The van der Waals surface area contributed by atoms with Gasteiger partial charge in [0.25, 0.3) is 0 Å². The zero-order valence-electron chi connectivity index (χ0n) is 8.39. The second-order valence-electron chi connectivity index (χ2n) is 3.34. The molecule has 0 amide bonds. The molecule has 0 unspecified atom stereocenters. The van der Waals surface area contributed by atoms with Gasteiger partial charge in [0.2, 0.25) is 0 Å². The quantitative estimate of drug-likeness (QED) is 0.794. The zero-order valence-corrected chi connectivity index (χ0v) is 9.97. The van der Waals surface area contributed by atoms with Crippen LogP contribution in [0.1, 0.15) is 17.5 Å². The first-order valence-corrected chi connectivity index (χ1v) is 5.60. The van der Waals surface area contributed by atoms with E-state index in [0.717, 1.165) is 24.0 Å². The van der Waals surface area contributed by atoms with E-state index >= 15 is 0 Å². The van der Waals surface area contributed by atoms with E-state index in [9.17, 15) is 0 Å². The lowest BCUT2D eigenvalue weighted by Gasteiger charge is -2.05. The van der Waals surface area contributed by atoms with Gasteiger partial charge in [-0.3, -0.25) is 0 Å². The van der Waals surface area contributed by atoms with Crippen molar-refractivity contribution in [3.8, 4) is 0 Å². The molecule has 78 valence electrons. The van der Waals surface area contributed by atoms with E-state index in [1.165, 1.54) is 11.1 Å². The summed E-state index contributed by atoms with van der Waals surface area (Å²) in [6, 6.07) is 6.35. The van der Waals surface area contributed by atoms with Gasteiger partial charge in [0.1, 0.15) is 0 Å². The molecule has 0 aliphatic carbocycles. The van der Waals surface area contributed by atoms with Crippen LogP contribution in [0.5, 0.6) is 0 Å². The van der Waals surface area contributed by atoms with Crippen LogP contribution < -0.4 is 5.32 Å². The van der Waals surface area contributed by atoms with Gasteiger partial charge in [-0.1, -0.05) is 28.1 Å². The Bertz CT molecular complexity index is 289. The zero-order chi connectivity index (χ0) is 10.4. The highest BCUT2D eigenvalue weighted by Crippen LogP contribution is 2.17. The molecule has 0 fully saturated rings. The maximum atomic E-state index is 8.60. The molecule has 14 heavy (non-hydrogen) atoms. The molecule has 0 aliphatic heterocycles. The first-order chi connectivity index (χ1) is 6.74. The van der Waals surface area contributed by atoms with Crippen molar-refractivity contribution in [3.05, 3.63) is 33.8 Å². The van der Waals surface area contributed by atoms with E-state index in [0.29, 0.717) is 0 Å². The molecule has 0 aliphatic rings. The summed E-state index contributed by atoms with van der Waals surface area (Å²) < 4.78 is 1.15. The second-order valence-corrected chi connectivity index (χ2v) is 4.19. The summed E-state index contributed by atoms with van der Waals surface area (Å²) in [5, 5.41) is 11.9. The van der Waals surface area contributed by atoms with Crippen LogP contribution in [0, 0.1) is 6.92 Å². The van der Waals surface area contributed by atoms with Crippen molar-refractivity contribution in [2.45, 2.75) is 19.9 Å². The van der Waals surface area contributed by atoms with Crippen LogP contribution in [-0.4, -0.2) is 18.3 Å². The topological polar surface area (TPSA) is 32.3 Å². The summed E-state index contributed by atoms with van der Waals surface area (Å²) >= 11 is 3.50. The van der Waals surface area contributed by atoms with Gasteiger partial charge in [-0.25, -0.2) is 0 Å². The lowest BCUT2D eigenvalue weighted by atomic mass is 10.1. The predicted octanol–water partition coefficient (Wildman–Crippen LogP) is 2.23. The molecule has 1 aromatic carbocycles. The third-order valence-corrected chi connectivity index (χ3v) is 2.93. The van der Waals surface area contributed by atoms with Gasteiger partial charge in [0, 0.05) is 17.6 Å². The highest BCUT2D eigenvalue weighted by Gasteiger charge is 1.96. The third-order valence-electron chi connectivity index (χ3n) is 2.08. The maximum Gasteiger partial charge on any atom is 0.0443 e. The smallest absolute Gasteiger partial charge is 0.0443 e. The molecule has 0 radical (unpaired) electrons. The molecule has 3 heteroatoms. The van der Waals surface area contributed by atoms with E-state index in [2.05, 4.69) is 46.4 Å². The number of nitrogens with one attached hydrogen (secondary N) is 1. The largest absolute Gasteiger partial charge is 0.396 e. The van der Waals surface area contributed by atoms with E-state index in [4.69, 9.17) is 5.11 Å². The number of halogens is 1. The average Bonchev–Trinajstić information content (AvgIpc) is 2.18. The molecule has 2 N–H and O–H groups in total. The Labute approximate surface area is 93.5 Å². The minimum absolute atomic E-state index is 0.255. The van der Waals surface area contributed by atoms with Gasteiger partial charge < -0.3 is 10.4 Å². The number of hydrogen-bond acceptors (Lipinski definition) is 2. The number of benzene rings is 1. The fourth-order valence-corrected chi connectivity index (χ4v) is 1.61. The first kappa shape index (κ1) is 11.7. The molecular formula is C11H16BrNO. The standard InChI is InChI=1S/C11H16BrNO/c1-9-3-4-10(7-11(9)12)8-13-5-2-6-14/h3-4,7,13-14H,2,5-6,8H2,1H3. The minimum Gasteiger partial charge on any atom is -0.396 e. The molecule has 0 saturated heterocycles. The molecule has 2 nitrogen and oxygen atoms in total. The molecule has 0 atom stereocenters. The van der Waals surface area contributed by atoms with Crippen LogP contribution in [0.25, 0.3) is 0 Å². The second kappa shape index (κ2) is 6.17. The summed E-state index contributed by atoms with van der Waals surface area (Å²) in [6.45, 7) is 4.05. The molecule has 1 aromatic rings. The van der Waals surface area contributed by atoms with E-state index < -0.39 is 0 Å². The molecule has 1 rings (SSSR count). The lowest BCUT2D eigenvalue weighted by Crippen LogP contribution is -2.15. The monoisotopic (exact) mass is 257 g/mol. The van der Waals surface area contributed by atoms with Crippen molar-refractivity contribution in [2.24, 2.45) is 0 Å². The van der Waals surface area contributed by atoms with Crippen LogP contribution in [0.2, 0.25) is 0 Å². The lowest BCUT2D eigenvalue weighted by molar-refractivity contribution is 0.286. The number of aliphatic hydroxyl groups excluding tert-OH is 1. The van der Waals surface area contributed by atoms with Crippen molar-refractivity contribution in [1.82, 2.24) is 5.32 Å². The third kappa shape index (κ3) is 3.78. The van der Waals surface area contributed by atoms with Crippen LogP contribution >= 0.6 is 15.9 Å². The Balaban J connectivity index is 2.39. The summed E-state index contributed by atoms with van der Waals surface area (Å²) in [5.41, 5.74) is 2.52. The summed E-state index contributed by atoms with van der Waals surface area (Å²) in [4.78, 5) is 0. The fraction of sp³-hybridized carbons (Fsp3) is 0.455. The van der Waals surface area contributed by atoms with E-state index in [-0.39, 0.29) is 6.61 Å². The highest BCUT2D eigenvalue weighted by atomic mass is 79.9. The average molecular weight is 258 g/mol. The molecule has 0 bridgehead atoms. The Morgan fingerprint density at radius 2 is 2.21 bits per heavy atom. The van der Waals surface area contributed by atoms with Gasteiger partial charge in [-0.15, -0.1) is 0 Å². The molecule has 0 spiro atoms. The minimum atomic E-state index is 0.255. The summed E-state index contributed by atoms with van der Waals surface area (Å²) in [6.07, 6.45) is 0.813. The summed E-state index contributed by atoms with van der Waals surface area (Å²) in [5.74, 6) is 0. The van der Waals surface area contributed by atoms with Crippen molar-refractivity contribution in [1.29, 1.82) is 0 Å². The van der Waals surface area contributed by atoms with Crippen molar-refractivity contribution >= 4 is 15.9 Å². The number of aryl methyl sites for hydroxylation is 1. The molecule has 0 aromatic heterocycles. The Morgan fingerprint density at radius 3 is 2.86 bits per heavy atom. The molecular weight excluding hydrogens is 242 g/mol. The SMILES string of the molecule is Cc1ccc(CNCCCO)cc1Br. The first-order valence-electron chi connectivity index (χ1n) is 4.80. The van der Waals surface area contributed by atoms with Crippen LogP contribution in [-0.2, 0) is 6.54 Å². The van der Waals surface area contributed by atoms with Crippen molar-refractivity contribution in [3.63, 3.8) is 0 Å². The highest BCUT2D eigenvalue weighted by molar-refractivity contribution is 9.10. The Hall–Kier alpha value is -0.380. The van der Waals surface area contributed by atoms with Gasteiger partial charge in [0.15, 0.2) is 0 Å².